The fraction of sp³-hybridized carbons (Fsp3) is 0.333. The van der Waals surface area contributed by atoms with Gasteiger partial charge in [0.25, 0.3) is 5.91 Å². The zero-order chi connectivity index (χ0) is 17.0. The number of nitrogens with one attached hydrogen (secondary N) is 1. The van der Waals surface area contributed by atoms with Crippen LogP contribution in [0.5, 0.6) is 0 Å². The maximum Gasteiger partial charge on any atom is 0.271 e. The Labute approximate surface area is 134 Å². The smallest absolute Gasteiger partial charge is 0.271 e. The van der Waals surface area contributed by atoms with Gasteiger partial charge in [0.2, 0.25) is 5.91 Å². The summed E-state index contributed by atoms with van der Waals surface area (Å²) in [5, 5.41) is 10.8. The van der Waals surface area contributed by atoms with E-state index in [2.05, 4.69) is 15.5 Å². The Hall–Kier alpha value is -2.90. The number of aryl methyl sites for hydroxylation is 2. The highest BCUT2D eigenvalue weighted by Crippen LogP contribution is 2.14. The molecule has 0 atom stereocenters. The molecule has 0 aliphatic carbocycles. The molecule has 0 radical (unpaired) electrons. The van der Waals surface area contributed by atoms with Crippen LogP contribution in [0.15, 0.2) is 18.5 Å². The van der Waals surface area contributed by atoms with E-state index in [1.54, 1.807) is 18.5 Å². The Kier molecular flexibility index (Phi) is 4.95. The SMILES string of the molecule is CCn1cc(NC(=O)/C=C/c2cnn(CC)c2C)c(C(N)=O)n1. The fourth-order valence-electron chi connectivity index (χ4n) is 2.14. The molecule has 0 saturated carbocycles. The van der Waals surface area contributed by atoms with Gasteiger partial charge in [-0.3, -0.25) is 19.0 Å². The first-order valence-electron chi connectivity index (χ1n) is 7.35. The highest BCUT2D eigenvalue weighted by molar-refractivity contribution is 6.06. The topological polar surface area (TPSA) is 108 Å². The van der Waals surface area contributed by atoms with Crippen molar-refractivity contribution >= 4 is 23.6 Å². The molecule has 0 spiro atoms. The maximum absolute atomic E-state index is 12.0. The Morgan fingerprint density at radius 1 is 1.35 bits per heavy atom. The fourth-order valence-corrected chi connectivity index (χ4v) is 2.14. The summed E-state index contributed by atoms with van der Waals surface area (Å²) in [4.78, 5) is 23.4. The number of rotatable bonds is 6. The molecule has 2 amide bonds. The van der Waals surface area contributed by atoms with Gasteiger partial charge in [0.05, 0.1) is 11.9 Å². The van der Waals surface area contributed by atoms with Crippen LogP contribution < -0.4 is 11.1 Å². The van der Waals surface area contributed by atoms with Crippen LogP contribution in [0, 0.1) is 6.92 Å². The Morgan fingerprint density at radius 2 is 2.09 bits per heavy atom. The number of amides is 2. The van der Waals surface area contributed by atoms with Gasteiger partial charge in [-0.15, -0.1) is 0 Å². The molecular formula is C15H20N6O2. The van der Waals surface area contributed by atoms with Crippen molar-refractivity contribution in [3.8, 4) is 0 Å². The number of anilines is 1. The van der Waals surface area contributed by atoms with Gasteiger partial charge >= 0.3 is 0 Å². The molecule has 2 aromatic rings. The van der Waals surface area contributed by atoms with E-state index in [0.717, 1.165) is 17.8 Å². The standard InChI is InChI=1S/C15H20N6O2/c1-4-20-9-12(14(19-20)15(16)23)18-13(22)7-6-11-8-17-21(5-2)10(11)3/h6-9H,4-5H2,1-3H3,(H2,16,23)(H,18,22)/b7-6+. The lowest BCUT2D eigenvalue weighted by Gasteiger charge is -2.00. The highest BCUT2D eigenvalue weighted by atomic mass is 16.2. The van der Waals surface area contributed by atoms with Gasteiger partial charge in [-0.1, -0.05) is 0 Å². The lowest BCUT2D eigenvalue weighted by molar-refractivity contribution is -0.111. The Morgan fingerprint density at radius 3 is 2.65 bits per heavy atom. The van der Waals surface area contributed by atoms with Crippen LogP contribution in [0.1, 0.15) is 35.6 Å². The van der Waals surface area contributed by atoms with E-state index >= 15 is 0 Å². The van der Waals surface area contributed by atoms with Crippen molar-refractivity contribution < 1.29 is 9.59 Å². The summed E-state index contributed by atoms with van der Waals surface area (Å²) in [5.41, 5.74) is 7.45. The quantitative estimate of drug-likeness (QED) is 0.780. The van der Waals surface area contributed by atoms with Crippen LogP contribution in [0.4, 0.5) is 5.69 Å². The van der Waals surface area contributed by atoms with Crippen LogP contribution >= 0.6 is 0 Å². The predicted molar refractivity (Wildman–Crippen MR) is 86.7 cm³/mol. The number of carbonyl (C=O) groups excluding carboxylic acids is 2. The number of hydrogen-bond donors (Lipinski definition) is 2. The average molecular weight is 316 g/mol. The summed E-state index contributed by atoms with van der Waals surface area (Å²) in [6.07, 6.45) is 6.34. The van der Waals surface area contributed by atoms with E-state index in [1.807, 2.05) is 25.5 Å². The summed E-state index contributed by atoms with van der Waals surface area (Å²) in [6.45, 7) is 7.14. The summed E-state index contributed by atoms with van der Waals surface area (Å²) < 4.78 is 3.38. The average Bonchev–Trinajstić information content (AvgIpc) is 3.08. The van der Waals surface area contributed by atoms with Gasteiger partial charge < -0.3 is 11.1 Å². The van der Waals surface area contributed by atoms with Crippen molar-refractivity contribution in [3.05, 3.63) is 35.4 Å². The third kappa shape index (κ3) is 3.65. The Balaban J connectivity index is 2.13. The first-order valence-corrected chi connectivity index (χ1v) is 7.35. The number of aromatic nitrogens is 4. The van der Waals surface area contributed by atoms with E-state index in [9.17, 15) is 9.59 Å². The minimum atomic E-state index is -0.684. The minimum absolute atomic E-state index is 0.0450. The summed E-state index contributed by atoms with van der Waals surface area (Å²) in [6, 6.07) is 0. The predicted octanol–water partition coefficient (Wildman–Crippen LogP) is 1.18. The van der Waals surface area contributed by atoms with E-state index in [-0.39, 0.29) is 11.6 Å². The van der Waals surface area contributed by atoms with Crippen molar-refractivity contribution in [1.82, 2.24) is 19.6 Å². The van der Waals surface area contributed by atoms with Crippen molar-refractivity contribution in [2.24, 2.45) is 5.73 Å². The number of hydrogen-bond acceptors (Lipinski definition) is 4. The molecule has 2 rings (SSSR count). The monoisotopic (exact) mass is 316 g/mol. The molecule has 3 N–H and O–H groups in total. The number of nitrogens with two attached hydrogens (primary N) is 1. The van der Waals surface area contributed by atoms with Crippen LogP contribution in [0.3, 0.4) is 0 Å². The summed E-state index contributed by atoms with van der Waals surface area (Å²) >= 11 is 0. The summed E-state index contributed by atoms with van der Waals surface area (Å²) in [5.74, 6) is -1.05. The van der Waals surface area contributed by atoms with Gasteiger partial charge in [-0.25, -0.2) is 0 Å². The lowest BCUT2D eigenvalue weighted by atomic mass is 10.2. The zero-order valence-corrected chi connectivity index (χ0v) is 13.4. The van der Waals surface area contributed by atoms with Crippen molar-refractivity contribution in [1.29, 1.82) is 0 Å². The molecule has 0 aliphatic rings. The second kappa shape index (κ2) is 6.91. The molecule has 8 heteroatoms. The van der Waals surface area contributed by atoms with Gasteiger partial charge in [-0.2, -0.15) is 10.2 Å². The van der Waals surface area contributed by atoms with Crippen LogP contribution in [-0.4, -0.2) is 31.4 Å². The minimum Gasteiger partial charge on any atom is -0.364 e. The van der Waals surface area contributed by atoms with Crippen LogP contribution in [-0.2, 0) is 17.9 Å². The van der Waals surface area contributed by atoms with Gasteiger partial charge in [0, 0.05) is 36.6 Å². The summed E-state index contributed by atoms with van der Waals surface area (Å²) in [7, 11) is 0. The maximum atomic E-state index is 12.0. The first-order chi connectivity index (χ1) is 11.0. The van der Waals surface area contributed by atoms with Crippen LogP contribution in [0.2, 0.25) is 0 Å². The molecule has 0 aliphatic heterocycles. The van der Waals surface area contributed by atoms with E-state index in [4.69, 9.17) is 5.73 Å². The molecule has 122 valence electrons. The van der Waals surface area contributed by atoms with Gasteiger partial charge in [0.1, 0.15) is 0 Å². The number of primary amides is 1. The highest BCUT2D eigenvalue weighted by Gasteiger charge is 2.15. The Bertz CT molecular complexity index is 756. The molecule has 2 heterocycles. The molecule has 0 bridgehead atoms. The number of nitrogens with zero attached hydrogens (tertiary/aromatic N) is 4. The number of carbonyl (C=O) groups is 2. The molecule has 2 aromatic heterocycles. The van der Waals surface area contributed by atoms with Crippen molar-refractivity contribution in [2.75, 3.05) is 5.32 Å². The third-order valence-electron chi connectivity index (χ3n) is 3.43. The van der Waals surface area contributed by atoms with E-state index in [1.165, 1.54) is 10.8 Å². The molecule has 8 nitrogen and oxygen atoms in total. The second-order valence-electron chi connectivity index (χ2n) is 4.93. The van der Waals surface area contributed by atoms with Crippen LogP contribution in [0.25, 0.3) is 6.08 Å². The molecular weight excluding hydrogens is 296 g/mol. The molecule has 0 saturated heterocycles. The second-order valence-corrected chi connectivity index (χ2v) is 4.93. The normalized spacial score (nSPS) is 11.1. The largest absolute Gasteiger partial charge is 0.364 e. The molecule has 23 heavy (non-hydrogen) atoms. The van der Waals surface area contributed by atoms with Gasteiger partial charge in [0.15, 0.2) is 5.69 Å². The zero-order valence-electron chi connectivity index (χ0n) is 13.4. The first kappa shape index (κ1) is 16.5. The van der Waals surface area contributed by atoms with Crippen molar-refractivity contribution in [3.63, 3.8) is 0 Å². The van der Waals surface area contributed by atoms with E-state index < -0.39 is 5.91 Å². The molecule has 0 unspecified atom stereocenters. The third-order valence-corrected chi connectivity index (χ3v) is 3.43. The lowest BCUT2D eigenvalue weighted by Crippen LogP contribution is -2.16. The van der Waals surface area contributed by atoms with E-state index in [0.29, 0.717) is 12.2 Å². The van der Waals surface area contributed by atoms with Gasteiger partial charge in [-0.05, 0) is 26.8 Å². The molecule has 0 aromatic carbocycles. The van der Waals surface area contributed by atoms with Crippen molar-refractivity contribution in [2.45, 2.75) is 33.9 Å². The molecule has 0 fully saturated rings.